The maximum absolute atomic E-state index is 11.8. The lowest BCUT2D eigenvalue weighted by molar-refractivity contribution is 0.0388. The van der Waals surface area contributed by atoms with Gasteiger partial charge in [-0.2, -0.15) is 0 Å². The highest BCUT2D eigenvalue weighted by atomic mass is 16.6. The van der Waals surface area contributed by atoms with Gasteiger partial charge < -0.3 is 14.8 Å². The van der Waals surface area contributed by atoms with Gasteiger partial charge in [-0.15, -0.1) is 0 Å². The Morgan fingerprint density at radius 2 is 2.20 bits per heavy atom. The Hall–Kier alpha value is -2.08. The van der Waals surface area contributed by atoms with Gasteiger partial charge in [0, 0.05) is 25.9 Å². The van der Waals surface area contributed by atoms with Gasteiger partial charge in [0.2, 0.25) is 0 Å². The predicted octanol–water partition coefficient (Wildman–Crippen LogP) is 1.33. The number of nitrogens with zero attached hydrogens (tertiary/aromatic N) is 1. The van der Waals surface area contributed by atoms with Crippen molar-refractivity contribution in [2.24, 2.45) is 0 Å². The van der Waals surface area contributed by atoms with Crippen molar-refractivity contribution in [3.05, 3.63) is 29.3 Å². The van der Waals surface area contributed by atoms with E-state index in [-0.39, 0.29) is 18.6 Å². The second kappa shape index (κ2) is 6.38. The molecule has 0 aromatic heterocycles. The molecule has 0 saturated carbocycles. The van der Waals surface area contributed by atoms with E-state index in [0.717, 1.165) is 11.3 Å². The molecule has 1 aromatic carbocycles. The quantitative estimate of drug-likeness (QED) is 0.651. The van der Waals surface area contributed by atoms with Gasteiger partial charge in [0.05, 0.1) is 12.2 Å². The first-order valence-corrected chi connectivity index (χ1v) is 6.45. The van der Waals surface area contributed by atoms with E-state index in [1.54, 1.807) is 30.2 Å². The summed E-state index contributed by atoms with van der Waals surface area (Å²) in [5.74, 6) is -0.387. The van der Waals surface area contributed by atoms with Gasteiger partial charge in [-0.05, 0) is 30.7 Å². The number of anilines is 1. The molecule has 0 unspecified atom stereocenters. The Balaban J connectivity index is 2.09. The van der Waals surface area contributed by atoms with Crippen LogP contribution in [0.3, 0.4) is 0 Å². The number of methoxy groups -OCH3 is 1. The maximum atomic E-state index is 11.8. The van der Waals surface area contributed by atoms with Crippen LogP contribution in [-0.4, -0.2) is 45.4 Å². The lowest BCUT2D eigenvalue weighted by Gasteiger charge is -2.17. The van der Waals surface area contributed by atoms with Crippen molar-refractivity contribution < 1.29 is 19.1 Å². The summed E-state index contributed by atoms with van der Waals surface area (Å²) in [5.41, 5.74) is 2.15. The topological polar surface area (TPSA) is 67.9 Å². The van der Waals surface area contributed by atoms with Crippen LogP contribution in [0.25, 0.3) is 0 Å². The average molecular weight is 278 g/mol. The van der Waals surface area contributed by atoms with Crippen molar-refractivity contribution >= 4 is 17.7 Å². The number of amides is 2. The first-order chi connectivity index (χ1) is 9.63. The van der Waals surface area contributed by atoms with Crippen LogP contribution in [-0.2, 0) is 9.47 Å². The molecule has 1 N–H and O–H groups in total. The molecule has 0 aliphatic carbocycles. The van der Waals surface area contributed by atoms with Gasteiger partial charge in [0.25, 0.3) is 0 Å². The Kier molecular flexibility index (Phi) is 4.57. The van der Waals surface area contributed by atoms with Gasteiger partial charge >= 0.3 is 12.0 Å². The number of aryl methyl sites for hydroxylation is 1. The summed E-state index contributed by atoms with van der Waals surface area (Å²) in [4.78, 5) is 25.1. The van der Waals surface area contributed by atoms with E-state index >= 15 is 0 Å². The number of hydrogen-bond acceptors (Lipinski definition) is 4. The van der Waals surface area contributed by atoms with Crippen molar-refractivity contribution in [1.29, 1.82) is 0 Å². The van der Waals surface area contributed by atoms with Crippen molar-refractivity contribution in [3.8, 4) is 0 Å². The van der Waals surface area contributed by atoms with Gasteiger partial charge in [0.1, 0.15) is 6.61 Å². The second-order valence-electron chi connectivity index (χ2n) is 4.51. The summed E-state index contributed by atoms with van der Waals surface area (Å²) in [5, 5.41) is 2.75. The average Bonchev–Trinajstić information content (AvgIpc) is 2.85. The highest BCUT2D eigenvalue weighted by Gasteiger charge is 2.23. The first-order valence-electron chi connectivity index (χ1n) is 6.45. The van der Waals surface area contributed by atoms with Crippen LogP contribution in [0, 0.1) is 6.92 Å². The van der Waals surface area contributed by atoms with E-state index in [4.69, 9.17) is 9.47 Å². The van der Waals surface area contributed by atoms with Crippen molar-refractivity contribution in [2.75, 3.05) is 38.3 Å². The smallest absolute Gasteiger partial charge is 0.338 e. The van der Waals surface area contributed by atoms with E-state index in [1.165, 1.54) is 0 Å². The van der Waals surface area contributed by atoms with Crippen LogP contribution in [0.4, 0.5) is 10.5 Å². The third-order valence-corrected chi connectivity index (χ3v) is 3.10. The van der Waals surface area contributed by atoms with E-state index in [2.05, 4.69) is 5.32 Å². The lowest BCUT2D eigenvalue weighted by Crippen LogP contribution is -2.28. The number of benzene rings is 1. The first kappa shape index (κ1) is 14.3. The van der Waals surface area contributed by atoms with Crippen LogP contribution >= 0.6 is 0 Å². The Bertz CT molecular complexity index is 516. The molecule has 2 amide bonds. The standard InChI is InChI=1S/C14H18N2O4/c1-10-9-11(13(17)20-8-7-19-2)3-4-12(10)16-6-5-15-14(16)18/h3-4,9H,5-8H2,1-2H3,(H,15,18). The van der Waals surface area contributed by atoms with Crippen LogP contribution in [0.15, 0.2) is 18.2 Å². The van der Waals surface area contributed by atoms with Gasteiger partial charge in [-0.1, -0.05) is 0 Å². The van der Waals surface area contributed by atoms with E-state index in [0.29, 0.717) is 25.3 Å². The molecule has 6 nitrogen and oxygen atoms in total. The Morgan fingerprint density at radius 1 is 1.40 bits per heavy atom. The second-order valence-corrected chi connectivity index (χ2v) is 4.51. The molecule has 1 fully saturated rings. The molecular formula is C14H18N2O4. The number of urea groups is 1. The zero-order chi connectivity index (χ0) is 14.5. The fourth-order valence-electron chi connectivity index (χ4n) is 2.09. The van der Waals surface area contributed by atoms with E-state index in [9.17, 15) is 9.59 Å². The number of carbonyl (C=O) groups excluding carboxylic acids is 2. The molecule has 0 atom stereocenters. The minimum atomic E-state index is -0.387. The minimum absolute atomic E-state index is 0.108. The number of hydrogen-bond donors (Lipinski definition) is 1. The van der Waals surface area contributed by atoms with E-state index in [1.807, 2.05) is 6.92 Å². The molecule has 2 rings (SSSR count). The summed E-state index contributed by atoms with van der Waals surface area (Å²) in [6.45, 7) is 3.74. The highest BCUT2D eigenvalue weighted by molar-refractivity contribution is 5.96. The molecule has 1 aliphatic rings. The monoisotopic (exact) mass is 278 g/mol. The summed E-state index contributed by atoms with van der Waals surface area (Å²) in [6.07, 6.45) is 0. The fraction of sp³-hybridized carbons (Fsp3) is 0.429. The maximum Gasteiger partial charge on any atom is 0.338 e. The molecule has 0 spiro atoms. The molecule has 0 radical (unpaired) electrons. The van der Waals surface area contributed by atoms with Crippen LogP contribution in [0.2, 0.25) is 0 Å². The van der Waals surface area contributed by atoms with Gasteiger partial charge in [0.15, 0.2) is 0 Å². The molecule has 6 heteroatoms. The molecule has 1 saturated heterocycles. The lowest BCUT2D eigenvalue weighted by atomic mass is 10.1. The summed E-state index contributed by atoms with van der Waals surface area (Å²) >= 11 is 0. The van der Waals surface area contributed by atoms with Crippen molar-refractivity contribution in [2.45, 2.75) is 6.92 Å². The number of ether oxygens (including phenoxy) is 2. The predicted molar refractivity (Wildman–Crippen MR) is 74.1 cm³/mol. The highest BCUT2D eigenvalue weighted by Crippen LogP contribution is 2.23. The fourth-order valence-corrected chi connectivity index (χ4v) is 2.09. The third-order valence-electron chi connectivity index (χ3n) is 3.10. The summed E-state index contributed by atoms with van der Waals surface area (Å²) in [6, 6.07) is 5.07. The Labute approximate surface area is 117 Å². The minimum Gasteiger partial charge on any atom is -0.460 e. The zero-order valence-electron chi connectivity index (χ0n) is 11.6. The summed E-state index contributed by atoms with van der Waals surface area (Å²) in [7, 11) is 1.55. The van der Waals surface area contributed by atoms with Crippen LogP contribution < -0.4 is 10.2 Å². The normalized spacial score (nSPS) is 14.3. The Morgan fingerprint density at radius 3 is 2.80 bits per heavy atom. The van der Waals surface area contributed by atoms with Gasteiger partial charge in [-0.25, -0.2) is 9.59 Å². The molecule has 20 heavy (non-hydrogen) atoms. The third kappa shape index (κ3) is 3.08. The molecule has 1 aromatic rings. The summed E-state index contributed by atoms with van der Waals surface area (Å²) < 4.78 is 9.88. The molecule has 1 aliphatic heterocycles. The molecule has 108 valence electrons. The zero-order valence-corrected chi connectivity index (χ0v) is 11.6. The van der Waals surface area contributed by atoms with Crippen LogP contribution in [0.1, 0.15) is 15.9 Å². The molecule has 1 heterocycles. The van der Waals surface area contributed by atoms with Gasteiger partial charge in [-0.3, -0.25) is 4.90 Å². The number of rotatable bonds is 5. The molecule has 0 bridgehead atoms. The largest absolute Gasteiger partial charge is 0.460 e. The number of carbonyl (C=O) groups is 2. The van der Waals surface area contributed by atoms with E-state index < -0.39 is 0 Å². The molecular weight excluding hydrogens is 260 g/mol. The SMILES string of the molecule is COCCOC(=O)c1ccc(N2CCNC2=O)c(C)c1. The van der Waals surface area contributed by atoms with Crippen LogP contribution in [0.5, 0.6) is 0 Å². The number of esters is 1. The number of nitrogens with one attached hydrogen (secondary N) is 1. The van der Waals surface area contributed by atoms with Crippen molar-refractivity contribution in [3.63, 3.8) is 0 Å². The van der Waals surface area contributed by atoms with Crippen molar-refractivity contribution in [1.82, 2.24) is 5.32 Å².